The Kier molecular flexibility index (Phi) is 4.30. The van der Waals surface area contributed by atoms with Crippen molar-refractivity contribution < 1.29 is 4.74 Å². The van der Waals surface area contributed by atoms with Gasteiger partial charge in [-0.05, 0) is 42.8 Å². The van der Waals surface area contributed by atoms with Gasteiger partial charge in [0.05, 0.1) is 5.56 Å². The van der Waals surface area contributed by atoms with Gasteiger partial charge in [-0.1, -0.05) is 35.4 Å². The molecule has 0 fully saturated rings. The molecule has 0 saturated heterocycles. The van der Waals surface area contributed by atoms with E-state index < -0.39 is 0 Å². The minimum absolute atomic E-state index is 0.261. The van der Waals surface area contributed by atoms with Gasteiger partial charge in [0.1, 0.15) is 16.5 Å². The first-order chi connectivity index (χ1) is 8.97. The van der Waals surface area contributed by atoms with Crippen molar-refractivity contribution in [3.05, 3.63) is 57.6 Å². The molecule has 19 heavy (non-hydrogen) atoms. The Morgan fingerprint density at radius 1 is 1.16 bits per heavy atom. The number of hydrogen-bond donors (Lipinski definition) is 1. The quantitative estimate of drug-likeness (QED) is 0.832. The van der Waals surface area contributed by atoms with Crippen molar-refractivity contribution in [2.45, 2.75) is 6.92 Å². The summed E-state index contributed by atoms with van der Waals surface area (Å²) in [5, 5.41) is 1.24. The lowest BCUT2D eigenvalue weighted by molar-refractivity contribution is 0.481. The highest BCUT2D eigenvalue weighted by Crippen LogP contribution is 2.30. The van der Waals surface area contributed by atoms with Gasteiger partial charge < -0.3 is 10.5 Å². The molecule has 0 aliphatic heterocycles. The van der Waals surface area contributed by atoms with Crippen LogP contribution in [0.2, 0.25) is 10.0 Å². The highest BCUT2D eigenvalue weighted by Gasteiger charge is 2.09. The average molecular weight is 312 g/mol. The topological polar surface area (TPSA) is 35.2 Å². The van der Waals surface area contributed by atoms with Crippen LogP contribution < -0.4 is 10.5 Å². The minimum atomic E-state index is 0.261. The standard InChI is InChI=1S/C14H11Cl2NOS/c1-8-6-10(3-5-12(8)16)18-13-7-9(15)2-4-11(13)14(17)19/h2-7H,1H3,(H2,17,19). The molecule has 2 nitrogen and oxygen atoms in total. The van der Waals surface area contributed by atoms with Crippen LogP contribution in [0.25, 0.3) is 0 Å². The van der Waals surface area contributed by atoms with Crippen molar-refractivity contribution in [3.63, 3.8) is 0 Å². The Balaban J connectivity index is 2.39. The van der Waals surface area contributed by atoms with Crippen molar-refractivity contribution in [1.29, 1.82) is 0 Å². The molecule has 0 aliphatic carbocycles. The van der Waals surface area contributed by atoms with Gasteiger partial charge in [0.15, 0.2) is 0 Å². The lowest BCUT2D eigenvalue weighted by Crippen LogP contribution is -2.10. The first kappa shape index (κ1) is 14.1. The Hall–Kier alpha value is -1.29. The molecule has 0 bridgehead atoms. The van der Waals surface area contributed by atoms with Crippen LogP contribution in [0.15, 0.2) is 36.4 Å². The van der Waals surface area contributed by atoms with Crippen LogP contribution in [0, 0.1) is 6.92 Å². The summed E-state index contributed by atoms with van der Waals surface area (Å²) in [6, 6.07) is 10.5. The molecule has 5 heteroatoms. The van der Waals surface area contributed by atoms with E-state index in [4.69, 9.17) is 45.9 Å². The SMILES string of the molecule is Cc1cc(Oc2cc(Cl)ccc2C(N)=S)ccc1Cl. The molecule has 2 rings (SSSR count). The smallest absolute Gasteiger partial charge is 0.139 e. The zero-order valence-corrected chi connectivity index (χ0v) is 12.4. The molecule has 0 radical (unpaired) electrons. The molecule has 2 aromatic rings. The lowest BCUT2D eigenvalue weighted by Gasteiger charge is -2.11. The van der Waals surface area contributed by atoms with Gasteiger partial charge in [-0.15, -0.1) is 0 Å². The third kappa shape index (κ3) is 3.38. The number of aryl methyl sites for hydroxylation is 1. The van der Waals surface area contributed by atoms with E-state index in [1.165, 1.54) is 0 Å². The second-order valence-electron chi connectivity index (χ2n) is 4.02. The summed E-state index contributed by atoms with van der Waals surface area (Å²) in [5.74, 6) is 1.18. The van der Waals surface area contributed by atoms with E-state index >= 15 is 0 Å². The van der Waals surface area contributed by atoms with Crippen LogP contribution in [0.5, 0.6) is 11.5 Å². The summed E-state index contributed by atoms with van der Waals surface area (Å²) in [5.41, 5.74) is 7.23. The highest BCUT2D eigenvalue weighted by molar-refractivity contribution is 7.80. The second kappa shape index (κ2) is 5.78. The van der Waals surface area contributed by atoms with Crippen molar-refractivity contribution in [2.75, 3.05) is 0 Å². The molecule has 0 atom stereocenters. The normalized spacial score (nSPS) is 10.3. The summed E-state index contributed by atoms with van der Waals surface area (Å²) in [6.07, 6.45) is 0. The van der Waals surface area contributed by atoms with Gasteiger partial charge in [0.2, 0.25) is 0 Å². The molecule has 0 amide bonds. The zero-order chi connectivity index (χ0) is 14.0. The minimum Gasteiger partial charge on any atom is -0.457 e. The maximum atomic E-state index is 5.97. The number of benzene rings is 2. The third-order valence-corrected chi connectivity index (χ3v) is 3.45. The van der Waals surface area contributed by atoms with Gasteiger partial charge in [-0.2, -0.15) is 0 Å². The predicted octanol–water partition coefficient (Wildman–Crippen LogP) is 4.73. The Morgan fingerprint density at radius 2 is 1.89 bits per heavy atom. The number of rotatable bonds is 3. The molecule has 0 heterocycles. The molecule has 0 saturated carbocycles. The highest BCUT2D eigenvalue weighted by atomic mass is 35.5. The summed E-state index contributed by atoms with van der Waals surface area (Å²) in [7, 11) is 0. The zero-order valence-electron chi connectivity index (χ0n) is 10.1. The van der Waals surface area contributed by atoms with Crippen molar-refractivity contribution >= 4 is 40.4 Å². The van der Waals surface area contributed by atoms with E-state index in [0.29, 0.717) is 27.1 Å². The molecular formula is C14H11Cl2NOS. The molecule has 0 unspecified atom stereocenters. The molecule has 2 aromatic carbocycles. The van der Waals surface area contributed by atoms with E-state index in [0.717, 1.165) is 5.56 Å². The molecule has 0 aliphatic rings. The summed E-state index contributed by atoms with van der Waals surface area (Å²) >= 11 is 16.9. The van der Waals surface area contributed by atoms with E-state index in [9.17, 15) is 0 Å². The molecular weight excluding hydrogens is 301 g/mol. The van der Waals surface area contributed by atoms with Crippen LogP contribution in [-0.2, 0) is 0 Å². The molecule has 0 aromatic heterocycles. The number of nitrogens with two attached hydrogens (primary N) is 1. The van der Waals surface area contributed by atoms with E-state index in [1.54, 1.807) is 30.3 Å². The summed E-state index contributed by atoms with van der Waals surface area (Å²) < 4.78 is 5.78. The van der Waals surface area contributed by atoms with Gasteiger partial charge in [-0.25, -0.2) is 0 Å². The fourth-order valence-electron chi connectivity index (χ4n) is 1.59. The molecule has 98 valence electrons. The van der Waals surface area contributed by atoms with Crippen LogP contribution in [0.4, 0.5) is 0 Å². The number of halogens is 2. The fourth-order valence-corrected chi connectivity index (χ4v) is 2.04. The Morgan fingerprint density at radius 3 is 2.53 bits per heavy atom. The van der Waals surface area contributed by atoms with E-state index in [2.05, 4.69) is 0 Å². The van der Waals surface area contributed by atoms with Crippen LogP contribution in [-0.4, -0.2) is 4.99 Å². The number of hydrogen-bond acceptors (Lipinski definition) is 2. The summed E-state index contributed by atoms with van der Waals surface area (Å²) in [6.45, 7) is 1.90. The Bertz CT molecular complexity index is 643. The van der Waals surface area contributed by atoms with Gasteiger partial charge in [0, 0.05) is 16.1 Å². The van der Waals surface area contributed by atoms with Gasteiger partial charge >= 0.3 is 0 Å². The molecule has 2 N–H and O–H groups in total. The van der Waals surface area contributed by atoms with E-state index in [-0.39, 0.29) is 4.99 Å². The van der Waals surface area contributed by atoms with Crippen LogP contribution >= 0.6 is 35.4 Å². The lowest BCUT2D eigenvalue weighted by atomic mass is 10.2. The fraction of sp³-hybridized carbons (Fsp3) is 0.0714. The van der Waals surface area contributed by atoms with Crippen LogP contribution in [0.3, 0.4) is 0 Å². The average Bonchev–Trinajstić information content (AvgIpc) is 2.33. The van der Waals surface area contributed by atoms with Gasteiger partial charge in [-0.3, -0.25) is 0 Å². The van der Waals surface area contributed by atoms with Crippen molar-refractivity contribution in [3.8, 4) is 11.5 Å². The van der Waals surface area contributed by atoms with Crippen molar-refractivity contribution in [1.82, 2.24) is 0 Å². The first-order valence-corrected chi connectivity index (χ1v) is 6.67. The predicted molar refractivity (Wildman–Crippen MR) is 83.6 cm³/mol. The second-order valence-corrected chi connectivity index (χ2v) is 5.30. The largest absolute Gasteiger partial charge is 0.457 e. The maximum absolute atomic E-state index is 5.97. The number of ether oxygens (including phenoxy) is 1. The van der Waals surface area contributed by atoms with Crippen molar-refractivity contribution in [2.24, 2.45) is 5.73 Å². The van der Waals surface area contributed by atoms with E-state index in [1.807, 2.05) is 13.0 Å². The van der Waals surface area contributed by atoms with Gasteiger partial charge in [0.25, 0.3) is 0 Å². The van der Waals surface area contributed by atoms with Crippen LogP contribution in [0.1, 0.15) is 11.1 Å². The number of thiocarbonyl (C=S) groups is 1. The third-order valence-electron chi connectivity index (χ3n) is 2.57. The first-order valence-electron chi connectivity index (χ1n) is 5.51. The molecule has 0 spiro atoms. The monoisotopic (exact) mass is 311 g/mol. The maximum Gasteiger partial charge on any atom is 0.139 e. The summed E-state index contributed by atoms with van der Waals surface area (Å²) in [4.78, 5) is 0.261. The Labute approximate surface area is 127 Å².